The van der Waals surface area contributed by atoms with Crippen molar-refractivity contribution in [2.24, 2.45) is 0 Å². The van der Waals surface area contributed by atoms with E-state index in [0.717, 1.165) is 11.1 Å². The van der Waals surface area contributed by atoms with Crippen LogP contribution < -0.4 is 5.73 Å². The molecule has 7 heteroatoms. The van der Waals surface area contributed by atoms with Crippen molar-refractivity contribution in [3.05, 3.63) is 35.1 Å². The highest BCUT2D eigenvalue weighted by Crippen LogP contribution is 2.33. The second-order valence-corrected chi connectivity index (χ2v) is 5.21. The fourth-order valence-corrected chi connectivity index (χ4v) is 2.42. The number of halogens is 1. The van der Waals surface area contributed by atoms with Crippen molar-refractivity contribution in [3.8, 4) is 23.0 Å². The molecule has 0 fully saturated rings. The molecule has 96 valence electrons. The minimum Gasteiger partial charge on any atom is -0.390 e. The van der Waals surface area contributed by atoms with Crippen LogP contribution in [0.2, 0.25) is 0 Å². The van der Waals surface area contributed by atoms with Gasteiger partial charge in [0, 0.05) is 4.88 Å². The molecule has 3 aromatic rings. The van der Waals surface area contributed by atoms with Gasteiger partial charge in [-0.05, 0) is 25.1 Å². The first kappa shape index (κ1) is 11.8. The molecular weight excluding hydrogens is 267 g/mol. The Bertz CT molecular complexity index is 720. The second-order valence-electron chi connectivity index (χ2n) is 3.92. The maximum Gasteiger partial charge on any atom is 0.261 e. The van der Waals surface area contributed by atoms with Gasteiger partial charge in [-0.25, -0.2) is 9.37 Å². The summed E-state index contributed by atoms with van der Waals surface area (Å²) in [7, 11) is 0. The third-order valence-electron chi connectivity index (χ3n) is 2.50. The molecule has 2 N–H and O–H groups in total. The molecule has 3 rings (SSSR count). The van der Waals surface area contributed by atoms with Crippen molar-refractivity contribution in [1.82, 2.24) is 15.1 Å². The summed E-state index contributed by atoms with van der Waals surface area (Å²) in [6.07, 6.45) is 1.11. The highest BCUT2D eigenvalue weighted by atomic mass is 32.1. The molecule has 19 heavy (non-hydrogen) atoms. The first-order valence-electron chi connectivity index (χ1n) is 5.45. The van der Waals surface area contributed by atoms with Crippen LogP contribution in [0.3, 0.4) is 0 Å². The average molecular weight is 276 g/mol. The van der Waals surface area contributed by atoms with E-state index in [-0.39, 0.29) is 0 Å². The van der Waals surface area contributed by atoms with E-state index in [0.29, 0.717) is 28.0 Å². The van der Waals surface area contributed by atoms with Crippen molar-refractivity contribution >= 4 is 16.3 Å². The van der Waals surface area contributed by atoms with E-state index in [9.17, 15) is 4.39 Å². The number of rotatable bonds is 2. The average Bonchev–Trinajstić information content (AvgIpc) is 2.97. The van der Waals surface area contributed by atoms with Crippen LogP contribution >= 0.6 is 11.3 Å². The first-order valence-corrected chi connectivity index (χ1v) is 6.27. The van der Waals surface area contributed by atoms with Gasteiger partial charge >= 0.3 is 0 Å². The van der Waals surface area contributed by atoms with E-state index in [2.05, 4.69) is 15.1 Å². The van der Waals surface area contributed by atoms with Crippen molar-refractivity contribution < 1.29 is 8.91 Å². The highest BCUT2D eigenvalue weighted by molar-refractivity contribution is 7.16. The fourth-order valence-electron chi connectivity index (χ4n) is 1.64. The minimum atomic E-state index is -0.412. The Morgan fingerprint density at radius 2 is 2.21 bits per heavy atom. The largest absolute Gasteiger partial charge is 0.390 e. The van der Waals surface area contributed by atoms with Crippen LogP contribution in [0, 0.1) is 12.7 Å². The van der Waals surface area contributed by atoms with Gasteiger partial charge in [0.05, 0.1) is 16.8 Å². The predicted molar refractivity (Wildman–Crippen MR) is 69.9 cm³/mol. The van der Waals surface area contributed by atoms with Gasteiger partial charge in [-0.3, -0.25) is 0 Å². The summed E-state index contributed by atoms with van der Waals surface area (Å²) in [5, 5.41) is 4.45. The van der Waals surface area contributed by atoms with Crippen molar-refractivity contribution in [2.75, 3.05) is 5.73 Å². The molecule has 0 aromatic carbocycles. The number of nitrogens with zero attached hydrogens (tertiary/aromatic N) is 3. The molecule has 0 aliphatic rings. The number of nitrogen functional groups attached to an aromatic ring is 1. The van der Waals surface area contributed by atoms with E-state index in [1.165, 1.54) is 23.5 Å². The van der Waals surface area contributed by atoms with Crippen LogP contribution in [0.4, 0.5) is 9.39 Å². The molecule has 0 atom stereocenters. The molecule has 0 aliphatic heterocycles. The number of nitrogens with two attached hydrogens (primary N) is 1. The Labute approximate surface area is 111 Å². The number of hydrogen-bond donors (Lipinski definition) is 1. The van der Waals surface area contributed by atoms with Crippen molar-refractivity contribution in [2.45, 2.75) is 6.92 Å². The normalized spacial score (nSPS) is 10.8. The molecule has 5 nitrogen and oxygen atoms in total. The molecule has 0 amide bonds. The van der Waals surface area contributed by atoms with E-state index in [1.807, 2.05) is 13.0 Å². The van der Waals surface area contributed by atoms with Gasteiger partial charge in [0.2, 0.25) is 5.82 Å². The van der Waals surface area contributed by atoms with E-state index >= 15 is 0 Å². The topological polar surface area (TPSA) is 77.8 Å². The van der Waals surface area contributed by atoms with Gasteiger partial charge in [-0.1, -0.05) is 5.16 Å². The lowest BCUT2D eigenvalue weighted by molar-refractivity contribution is 0.432. The SMILES string of the molecule is Cc1cc(-c2nc(-c3ccc(F)cn3)no2)c(N)s1. The Morgan fingerprint density at radius 3 is 2.84 bits per heavy atom. The standard InChI is InChI=1S/C12H9FN4OS/c1-6-4-8(10(14)19-6)12-16-11(17-18-12)9-3-2-7(13)5-15-9/h2-5H,14H2,1H3. The quantitative estimate of drug-likeness (QED) is 0.778. The molecule has 0 radical (unpaired) electrons. The van der Waals surface area contributed by atoms with Gasteiger partial charge < -0.3 is 10.3 Å². The van der Waals surface area contributed by atoms with Gasteiger partial charge in [-0.15, -0.1) is 11.3 Å². The van der Waals surface area contributed by atoms with E-state index in [1.54, 1.807) is 0 Å². The summed E-state index contributed by atoms with van der Waals surface area (Å²) >= 11 is 1.46. The van der Waals surface area contributed by atoms with Crippen LogP contribution in [0.1, 0.15) is 4.88 Å². The van der Waals surface area contributed by atoms with Crippen LogP contribution in [0.25, 0.3) is 23.0 Å². The zero-order chi connectivity index (χ0) is 13.4. The third kappa shape index (κ3) is 2.19. The predicted octanol–water partition coefficient (Wildman–Crippen LogP) is 2.89. The number of anilines is 1. The Kier molecular flexibility index (Phi) is 2.75. The van der Waals surface area contributed by atoms with Crippen LogP contribution in [0.15, 0.2) is 28.9 Å². The Morgan fingerprint density at radius 1 is 1.37 bits per heavy atom. The van der Waals surface area contributed by atoms with E-state index < -0.39 is 5.82 Å². The first-order chi connectivity index (χ1) is 9.13. The number of thiophene rings is 1. The monoisotopic (exact) mass is 276 g/mol. The molecule has 3 heterocycles. The smallest absolute Gasteiger partial charge is 0.261 e. The number of aryl methyl sites for hydroxylation is 1. The fraction of sp³-hybridized carbons (Fsp3) is 0.0833. The molecule has 0 aliphatic carbocycles. The molecule has 0 unspecified atom stereocenters. The lowest BCUT2D eigenvalue weighted by Gasteiger charge is -1.92. The summed E-state index contributed by atoms with van der Waals surface area (Å²) in [4.78, 5) is 9.18. The van der Waals surface area contributed by atoms with Crippen LogP contribution in [-0.2, 0) is 0 Å². The molecule has 0 saturated carbocycles. The van der Waals surface area contributed by atoms with Crippen molar-refractivity contribution in [3.63, 3.8) is 0 Å². The maximum absolute atomic E-state index is 12.8. The summed E-state index contributed by atoms with van der Waals surface area (Å²) in [5.74, 6) is 0.228. The lowest BCUT2D eigenvalue weighted by atomic mass is 10.3. The molecular formula is C12H9FN4OS. The zero-order valence-electron chi connectivity index (χ0n) is 9.92. The zero-order valence-corrected chi connectivity index (χ0v) is 10.7. The second kappa shape index (κ2) is 4.43. The molecule has 0 spiro atoms. The Hall–Kier alpha value is -2.28. The summed E-state index contributed by atoms with van der Waals surface area (Å²) in [6, 6.07) is 4.67. The van der Waals surface area contributed by atoms with Gasteiger partial charge in [0.1, 0.15) is 11.5 Å². The maximum atomic E-state index is 12.8. The minimum absolute atomic E-state index is 0.304. The lowest BCUT2D eigenvalue weighted by Crippen LogP contribution is -1.87. The molecule has 3 aromatic heterocycles. The summed E-state index contributed by atoms with van der Waals surface area (Å²) in [5.41, 5.74) is 7.02. The number of pyridine rings is 1. The highest BCUT2D eigenvalue weighted by Gasteiger charge is 2.15. The van der Waals surface area contributed by atoms with Gasteiger partial charge in [0.15, 0.2) is 0 Å². The Balaban J connectivity index is 1.99. The van der Waals surface area contributed by atoms with Gasteiger partial charge in [-0.2, -0.15) is 4.98 Å². The van der Waals surface area contributed by atoms with Gasteiger partial charge in [0.25, 0.3) is 5.89 Å². The van der Waals surface area contributed by atoms with Crippen molar-refractivity contribution in [1.29, 1.82) is 0 Å². The summed E-state index contributed by atoms with van der Waals surface area (Å²) < 4.78 is 17.9. The number of hydrogen-bond acceptors (Lipinski definition) is 6. The van der Waals surface area contributed by atoms with Crippen LogP contribution in [-0.4, -0.2) is 15.1 Å². The van der Waals surface area contributed by atoms with E-state index in [4.69, 9.17) is 10.3 Å². The molecule has 0 saturated heterocycles. The van der Waals surface area contributed by atoms with Crippen LogP contribution in [0.5, 0.6) is 0 Å². The third-order valence-corrected chi connectivity index (χ3v) is 3.38. The summed E-state index contributed by atoms with van der Waals surface area (Å²) in [6.45, 7) is 1.95. The number of aromatic nitrogens is 3. The molecule has 0 bridgehead atoms.